The third-order valence-corrected chi connectivity index (χ3v) is 3.92. The topological polar surface area (TPSA) is 94.0 Å². The summed E-state index contributed by atoms with van der Waals surface area (Å²) in [6.45, 7) is 0. The zero-order valence-corrected chi connectivity index (χ0v) is 12.6. The molecule has 0 aliphatic rings. The Morgan fingerprint density at radius 3 is 2.82 bits per heavy atom. The molecule has 0 saturated heterocycles. The predicted molar refractivity (Wildman–Crippen MR) is 80.4 cm³/mol. The van der Waals surface area contributed by atoms with Crippen molar-refractivity contribution >= 4 is 23.4 Å². The summed E-state index contributed by atoms with van der Waals surface area (Å²) in [6.07, 6.45) is 1.01. The zero-order chi connectivity index (χ0) is 15.5. The molecule has 0 saturated carbocycles. The first-order valence-corrected chi connectivity index (χ1v) is 7.47. The smallest absolute Gasteiger partial charge is 0.226 e. The van der Waals surface area contributed by atoms with Gasteiger partial charge in [-0.1, -0.05) is 23.4 Å². The van der Waals surface area contributed by atoms with Crippen LogP contribution in [0.25, 0.3) is 5.69 Å². The van der Waals surface area contributed by atoms with Crippen molar-refractivity contribution in [1.82, 2.24) is 20.2 Å². The number of hydrogen-bond donors (Lipinski definition) is 1. The van der Waals surface area contributed by atoms with E-state index in [1.54, 1.807) is 28.9 Å². The molecule has 22 heavy (non-hydrogen) atoms. The van der Waals surface area contributed by atoms with E-state index in [9.17, 15) is 4.79 Å². The number of aromatic nitrogens is 4. The second-order valence-corrected chi connectivity index (χ2v) is 5.61. The fourth-order valence-electron chi connectivity index (χ4n) is 1.67. The van der Waals surface area contributed by atoms with Gasteiger partial charge in [-0.15, -0.1) is 5.10 Å². The maximum atomic E-state index is 11.3. The van der Waals surface area contributed by atoms with Crippen LogP contribution >= 0.6 is 23.4 Å². The summed E-state index contributed by atoms with van der Waals surface area (Å²) in [4.78, 5) is 11.3. The van der Waals surface area contributed by atoms with E-state index in [1.807, 2.05) is 0 Å². The van der Waals surface area contributed by atoms with Gasteiger partial charge in [-0.3, -0.25) is 4.79 Å². The van der Waals surface area contributed by atoms with Crippen LogP contribution < -0.4 is 5.43 Å². The molecule has 112 valence electrons. The minimum atomic E-state index is -0.487. The van der Waals surface area contributed by atoms with E-state index in [-0.39, 0.29) is 0 Å². The van der Waals surface area contributed by atoms with Gasteiger partial charge in [-0.05, 0) is 34.7 Å². The van der Waals surface area contributed by atoms with Crippen LogP contribution in [0, 0.1) is 0 Å². The van der Waals surface area contributed by atoms with Gasteiger partial charge < -0.3 is 9.52 Å². The lowest BCUT2D eigenvalue weighted by atomic mass is 10.3. The Bertz CT molecular complexity index is 847. The van der Waals surface area contributed by atoms with Crippen LogP contribution in [0.1, 0.15) is 5.76 Å². The molecule has 0 spiro atoms. The molecule has 0 bridgehead atoms. The lowest BCUT2D eigenvalue weighted by molar-refractivity contribution is 0.419. The molecule has 3 rings (SSSR count). The van der Waals surface area contributed by atoms with Crippen LogP contribution in [-0.4, -0.2) is 25.3 Å². The first-order chi connectivity index (χ1) is 10.6. The summed E-state index contributed by atoms with van der Waals surface area (Å²) in [5, 5.41) is 21.8. The van der Waals surface area contributed by atoms with Crippen LogP contribution in [0.4, 0.5) is 0 Å². The molecular weight excluding hydrogens is 328 g/mol. The molecule has 0 aliphatic carbocycles. The molecule has 1 aromatic carbocycles. The minimum Gasteiger partial charge on any atom is -0.502 e. The quantitative estimate of drug-likeness (QED) is 0.730. The number of rotatable bonds is 4. The van der Waals surface area contributed by atoms with Crippen molar-refractivity contribution in [2.24, 2.45) is 0 Å². The molecule has 0 fully saturated rings. The van der Waals surface area contributed by atoms with Gasteiger partial charge in [-0.2, -0.15) is 4.68 Å². The highest BCUT2D eigenvalue weighted by molar-refractivity contribution is 7.98. The summed E-state index contributed by atoms with van der Waals surface area (Å²) < 4.78 is 6.69. The van der Waals surface area contributed by atoms with E-state index in [4.69, 9.17) is 21.1 Å². The summed E-state index contributed by atoms with van der Waals surface area (Å²) in [5.41, 5.74) is 0.281. The standard InChI is InChI=1S/C13H9ClN4O3S/c14-8-1-3-9(4-2-8)18-13(15-16-17-18)22-7-10-5-11(19)12(20)6-21-10/h1-6,20H,7H2. The number of nitrogens with zero attached hydrogens (tertiary/aromatic N) is 4. The number of hydrogen-bond acceptors (Lipinski definition) is 7. The van der Waals surface area contributed by atoms with Gasteiger partial charge in [0.25, 0.3) is 0 Å². The highest BCUT2D eigenvalue weighted by Crippen LogP contribution is 2.23. The molecule has 3 aromatic rings. The largest absolute Gasteiger partial charge is 0.502 e. The van der Waals surface area contributed by atoms with E-state index < -0.39 is 11.2 Å². The van der Waals surface area contributed by atoms with Crippen molar-refractivity contribution in [2.45, 2.75) is 10.9 Å². The van der Waals surface area contributed by atoms with Crippen molar-refractivity contribution in [2.75, 3.05) is 0 Å². The molecule has 1 N–H and O–H groups in total. The summed E-state index contributed by atoms with van der Waals surface area (Å²) in [7, 11) is 0. The second-order valence-electron chi connectivity index (χ2n) is 4.23. The summed E-state index contributed by atoms with van der Waals surface area (Å²) >= 11 is 7.15. The number of thioether (sulfide) groups is 1. The van der Waals surface area contributed by atoms with Crippen LogP contribution in [0.15, 0.2) is 51.0 Å². The summed E-state index contributed by atoms with van der Waals surface area (Å²) in [6, 6.07) is 8.31. The van der Waals surface area contributed by atoms with Crippen LogP contribution in [0.5, 0.6) is 5.75 Å². The average molecular weight is 337 g/mol. The second kappa shape index (κ2) is 6.20. The molecule has 0 aliphatic heterocycles. The maximum absolute atomic E-state index is 11.3. The molecule has 0 unspecified atom stereocenters. The van der Waals surface area contributed by atoms with Crippen LogP contribution in [-0.2, 0) is 5.75 Å². The molecule has 0 amide bonds. The van der Waals surface area contributed by atoms with Gasteiger partial charge in [0.05, 0.1) is 11.4 Å². The van der Waals surface area contributed by atoms with E-state index in [2.05, 4.69) is 15.5 Å². The van der Waals surface area contributed by atoms with Crippen LogP contribution in [0.2, 0.25) is 5.02 Å². The van der Waals surface area contributed by atoms with Gasteiger partial charge >= 0.3 is 0 Å². The fraction of sp³-hybridized carbons (Fsp3) is 0.0769. The van der Waals surface area contributed by atoms with Gasteiger partial charge in [0.15, 0.2) is 5.75 Å². The third-order valence-electron chi connectivity index (χ3n) is 2.72. The van der Waals surface area contributed by atoms with E-state index >= 15 is 0 Å². The monoisotopic (exact) mass is 336 g/mol. The Morgan fingerprint density at radius 1 is 1.32 bits per heavy atom. The van der Waals surface area contributed by atoms with E-state index in [1.165, 1.54) is 17.8 Å². The Labute approximate surface area is 133 Å². The molecule has 7 nitrogen and oxygen atoms in total. The lowest BCUT2D eigenvalue weighted by Gasteiger charge is -2.04. The average Bonchev–Trinajstić information content (AvgIpc) is 2.98. The normalized spacial score (nSPS) is 10.8. The molecule has 0 atom stereocenters. The van der Waals surface area contributed by atoms with Gasteiger partial charge in [0.2, 0.25) is 10.6 Å². The van der Waals surface area contributed by atoms with E-state index in [0.29, 0.717) is 21.7 Å². The lowest BCUT2D eigenvalue weighted by Crippen LogP contribution is -2.01. The maximum Gasteiger partial charge on any atom is 0.226 e. The molecule has 2 heterocycles. The Kier molecular flexibility index (Phi) is 4.12. The zero-order valence-electron chi connectivity index (χ0n) is 11.0. The number of benzene rings is 1. The molecule has 9 heteroatoms. The Morgan fingerprint density at radius 2 is 2.09 bits per heavy atom. The Hall–Kier alpha value is -2.32. The highest BCUT2D eigenvalue weighted by atomic mass is 35.5. The van der Waals surface area contributed by atoms with Crippen molar-refractivity contribution in [3.63, 3.8) is 0 Å². The van der Waals surface area contributed by atoms with Crippen LogP contribution in [0.3, 0.4) is 0 Å². The SMILES string of the molecule is O=c1cc(CSc2nnnn2-c2ccc(Cl)cc2)occ1O. The highest BCUT2D eigenvalue weighted by Gasteiger charge is 2.10. The first kappa shape index (κ1) is 14.6. The number of halogens is 1. The number of aromatic hydroxyl groups is 1. The van der Waals surface area contributed by atoms with Crippen molar-refractivity contribution in [3.8, 4) is 11.4 Å². The Balaban J connectivity index is 1.79. The van der Waals surface area contributed by atoms with Crippen molar-refractivity contribution in [3.05, 3.63) is 57.6 Å². The van der Waals surface area contributed by atoms with E-state index in [0.717, 1.165) is 12.0 Å². The molecule has 0 radical (unpaired) electrons. The van der Waals surface area contributed by atoms with Crippen molar-refractivity contribution in [1.29, 1.82) is 0 Å². The predicted octanol–water partition coefficient (Wildman–Crippen LogP) is 2.27. The molecular formula is C13H9ClN4O3S. The minimum absolute atomic E-state index is 0.351. The molecule has 2 aromatic heterocycles. The number of tetrazole rings is 1. The fourth-order valence-corrected chi connectivity index (χ4v) is 2.58. The van der Waals surface area contributed by atoms with Gasteiger partial charge in [0, 0.05) is 11.1 Å². The van der Waals surface area contributed by atoms with Gasteiger partial charge in [-0.25, -0.2) is 0 Å². The van der Waals surface area contributed by atoms with Gasteiger partial charge in [0.1, 0.15) is 12.0 Å². The summed E-state index contributed by atoms with van der Waals surface area (Å²) in [5.74, 6) is 0.349. The van der Waals surface area contributed by atoms with Crippen molar-refractivity contribution < 1.29 is 9.52 Å². The first-order valence-electron chi connectivity index (χ1n) is 6.11. The third kappa shape index (κ3) is 3.12.